The van der Waals surface area contributed by atoms with Gasteiger partial charge in [0.1, 0.15) is 12.3 Å². The smallest absolute Gasteiger partial charge is 0.323 e. The zero-order valence-corrected chi connectivity index (χ0v) is 12.6. The van der Waals surface area contributed by atoms with Crippen molar-refractivity contribution in [1.82, 2.24) is 0 Å². The third-order valence-electron chi connectivity index (χ3n) is 2.70. The minimum absolute atomic E-state index is 0.395. The van der Waals surface area contributed by atoms with E-state index in [0.29, 0.717) is 21.3 Å². The molecular formula is C14H12ClNO4S. The molecule has 2 aromatic rings. The Morgan fingerprint density at radius 3 is 2.52 bits per heavy atom. The van der Waals surface area contributed by atoms with Crippen LogP contribution in [0, 0.1) is 0 Å². The van der Waals surface area contributed by atoms with Crippen LogP contribution >= 0.6 is 22.9 Å². The summed E-state index contributed by atoms with van der Waals surface area (Å²) in [6.07, 6.45) is 0. The van der Waals surface area contributed by atoms with E-state index in [4.69, 9.17) is 21.4 Å². The molecule has 1 heterocycles. The molecule has 0 radical (unpaired) electrons. The number of aliphatic carboxylic acids is 1. The Bertz CT molecular complexity index is 653. The van der Waals surface area contributed by atoms with Crippen molar-refractivity contribution in [2.75, 3.05) is 18.6 Å². The molecule has 0 bridgehead atoms. The topological polar surface area (TPSA) is 66.8 Å². The van der Waals surface area contributed by atoms with Crippen LogP contribution in [-0.2, 0) is 4.79 Å². The van der Waals surface area contributed by atoms with Crippen LogP contribution in [0.5, 0.6) is 5.75 Å². The van der Waals surface area contributed by atoms with Crippen LogP contribution in [-0.4, -0.2) is 30.6 Å². The molecule has 0 fully saturated rings. The van der Waals surface area contributed by atoms with Gasteiger partial charge in [-0.1, -0.05) is 11.6 Å². The first kappa shape index (κ1) is 15.3. The molecule has 1 N–H and O–H groups in total. The molecule has 2 rings (SSSR count). The predicted octanol–water partition coefficient (Wildman–Crippen LogP) is 3.14. The Morgan fingerprint density at radius 2 is 2.00 bits per heavy atom. The second-order valence-corrected chi connectivity index (χ2v) is 5.46. The maximum Gasteiger partial charge on any atom is 0.323 e. The van der Waals surface area contributed by atoms with E-state index >= 15 is 0 Å². The van der Waals surface area contributed by atoms with Crippen molar-refractivity contribution >= 4 is 40.5 Å². The van der Waals surface area contributed by atoms with Crippen LogP contribution in [0.3, 0.4) is 0 Å². The quantitative estimate of drug-likeness (QED) is 0.917. The fraction of sp³-hybridized carbons (Fsp3) is 0.143. The summed E-state index contributed by atoms with van der Waals surface area (Å²) >= 11 is 7.01. The lowest BCUT2D eigenvalue weighted by molar-refractivity contribution is -0.135. The van der Waals surface area contributed by atoms with Crippen molar-refractivity contribution in [3.63, 3.8) is 0 Å². The van der Waals surface area contributed by atoms with Crippen LogP contribution in [0.4, 0.5) is 5.69 Å². The number of carboxylic acids is 1. The molecule has 5 nitrogen and oxygen atoms in total. The van der Waals surface area contributed by atoms with Gasteiger partial charge in [0.2, 0.25) is 0 Å². The highest BCUT2D eigenvalue weighted by molar-refractivity contribution is 7.12. The number of ether oxygens (including phenoxy) is 1. The average Bonchev–Trinajstić information content (AvgIpc) is 2.94. The van der Waals surface area contributed by atoms with Crippen molar-refractivity contribution < 1.29 is 19.4 Å². The van der Waals surface area contributed by atoms with Gasteiger partial charge in [-0.15, -0.1) is 11.3 Å². The van der Waals surface area contributed by atoms with Crippen LogP contribution in [0.2, 0.25) is 5.02 Å². The second-order valence-electron chi connectivity index (χ2n) is 4.11. The van der Waals surface area contributed by atoms with E-state index in [2.05, 4.69) is 0 Å². The zero-order chi connectivity index (χ0) is 15.4. The third-order valence-corrected chi connectivity index (χ3v) is 3.85. The number of carbonyl (C=O) groups is 2. The number of methoxy groups -OCH3 is 1. The molecule has 0 saturated carbocycles. The number of hydrogen-bond acceptors (Lipinski definition) is 4. The summed E-state index contributed by atoms with van der Waals surface area (Å²) in [4.78, 5) is 25.1. The molecule has 0 aliphatic rings. The number of amides is 1. The van der Waals surface area contributed by atoms with Crippen molar-refractivity contribution in [1.29, 1.82) is 0 Å². The van der Waals surface area contributed by atoms with Crippen molar-refractivity contribution in [2.24, 2.45) is 0 Å². The van der Waals surface area contributed by atoms with Crippen LogP contribution in [0.25, 0.3) is 0 Å². The zero-order valence-electron chi connectivity index (χ0n) is 11.1. The Labute approximate surface area is 130 Å². The summed E-state index contributed by atoms with van der Waals surface area (Å²) in [5.74, 6) is -0.926. The monoisotopic (exact) mass is 325 g/mol. The number of hydrogen-bond donors (Lipinski definition) is 1. The van der Waals surface area contributed by atoms with Gasteiger partial charge in [0.15, 0.2) is 0 Å². The maximum absolute atomic E-state index is 12.5. The molecule has 0 unspecified atom stereocenters. The molecule has 0 atom stereocenters. The first-order valence-electron chi connectivity index (χ1n) is 5.93. The summed E-state index contributed by atoms with van der Waals surface area (Å²) in [6, 6.07) is 8.00. The number of carboxylic acid groups (broad SMARTS) is 1. The largest absolute Gasteiger partial charge is 0.496 e. The van der Waals surface area contributed by atoms with E-state index < -0.39 is 18.4 Å². The van der Waals surface area contributed by atoms with E-state index in [1.54, 1.807) is 35.7 Å². The number of benzene rings is 1. The molecule has 21 heavy (non-hydrogen) atoms. The van der Waals surface area contributed by atoms with Crippen LogP contribution < -0.4 is 9.64 Å². The van der Waals surface area contributed by atoms with Crippen molar-refractivity contribution in [3.8, 4) is 5.75 Å². The average molecular weight is 326 g/mol. The lowest BCUT2D eigenvalue weighted by Gasteiger charge is -2.20. The maximum atomic E-state index is 12.5. The minimum Gasteiger partial charge on any atom is -0.496 e. The van der Waals surface area contributed by atoms with Gasteiger partial charge in [0, 0.05) is 22.2 Å². The standard InChI is InChI=1S/C14H12ClNO4S/c1-20-11-6-12(21-8-11)14(19)16(7-13(17)18)10-4-2-9(15)3-5-10/h2-6,8H,7H2,1H3,(H,17,18). The van der Waals surface area contributed by atoms with Gasteiger partial charge in [-0.05, 0) is 24.3 Å². The predicted molar refractivity (Wildman–Crippen MR) is 81.6 cm³/mol. The molecule has 110 valence electrons. The Morgan fingerprint density at radius 1 is 1.33 bits per heavy atom. The molecule has 0 aliphatic heterocycles. The molecule has 7 heteroatoms. The molecular weight excluding hydrogens is 314 g/mol. The molecule has 0 spiro atoms. The molecule has 1 aromatic heterocycles. The first-order valence-corrected chi connectivity index (χ1v) is 7.19. The SMILES string of the molecule is COc1csc(C(=O)N(CC(=O)O)c2ccc(Cl)cc2)c1. The van der Waals surface area contributed by atoms with Gasteiger partial charge in [0.05, 0.1) is 12.0 Å². The van der Waals surface area contributed by atoms with Gasteiger partial charge in [-0.2, -0.15) is 0 Å². The highest BCUT2D eigenvalue weighted by atomic mass is 35.5. The van der Waals surface area contributed by atoms with E-state index in [1.165, 1.54) is 23.3 Å². The van der Waals surface area contributed by atoms with Crippen LogP contribution in [0.15, 0.2) is 35.7 Å². The minimum atomic E-state index is -1.10. The fourth-order valence-electron chi connectivity index (χ4n) is 1.71. The summed E-state index contributed by atoms with van der Waals surface area (Å²) < 4.78 is 5.03. The Kier molecular flexibility index (Phi) is 4.82. The van der Waals surface area contributed by atoms with E-state index in [-0.39, 0.29) is 0 Å². The Hall–Kier alpha value is -2.05. The molecule has 0 aliphatic carbocycles. The summed E-state index contributed by atoms with van der Waals surface area (Å²) in [5.41, 5.74) is 0.471. The number of rotatable bonds is 5. The van der Waals surface area contributed by atoms with Crippen molar-refractivity contribution in [2.45, 2.75) is 0 Å². The number of thiophene rings is 1. The highest BCUT2D eigenvalue weighted by Gasteiger charge is 2.22. The Balaban J connectivity index is 2.32. The molecule has 0 saturated heterocycles. The van der Waals surface area contributed by atoms with Gasteiger partial charge >= 0.3 is 5.97 Å². The summed E-state index contributed by atoms with van der Waals surface area (Å²) in [6.45, 7) is -0.430. The van der Waals surface area contributed by atoms with E-state index in [0.717, 1.165) is 0 Å². The third kappa shape index (κ3) is 3.74. The summed E-state index contributed by atoms with van der Waals surface area (Å²) in [5, 5.41) is 11.2. The van der Waals surface area contributed by atoms with Gasteiger partial charge in [-0.25, -0.2) is 0 Å². The lowest BCUT2D eigenvalue weighted by atomic mass is 10.2. The summed E-state index contributed by atoms with van der Waals surface area (Å²) in [7, 11) is 1.50. The molecule has 1 aromatic carbocycles. The number of anilines is 1. The lowest BCUT2D eigenvalue weighted by Crippen LogP contribution is -2.35. The number of halogens is 1. The van der Waals surface area contributed by atoms with E-state index in [9.17, 15) is 9.59 Å². The fourth-order valence-corrected chi connectivity index (χ4v) is 2.64. The van der Waals surface area contributed by atoms with Crippen LogP contribution in [0.1, 0.15) is 9.67 Å². The molecule has 1 amide bonds. The van der Waals surface area contributed by atoms with E-state index in [1.807, 2.05) is 0 Å². The number of carbonyl (C=O) groups excluding carboxylic acids is 1. The van der Waals surface area contributed by atoms with Crippen molar-refractivity contribution in [3.05, 3.63) is 45.6 Å². The number of nitrogens with zero attached hydrogens (tertiary/aromatic N) is 1. The van der Waals surface area contributed by atoms with Gasteiger partial charge in [0.25, 0.3) is 5.91 Å². The van der Waals surface area contributed by atoms with Gasteiger partial charge in [-0.3, -0.25) is 14.5 Å². The second kappa shape index (κ2) is 6.60. The highest BCUT2D eigenvalue weighted by Crippen LogP contribution is 2.25. The normalized spacial score (nSPS) is 10.2. The first-order chi connectivity index (χ1) is 10.0. The van der Waals surface area contributed by atoms with Gasteiger partial charge < -0.3 is 9.84 Å².